The van der Waals surface area contributed by atoms with Crippen LogP contribution in [-0.4, -0.2) is 0 Å². The van der Waals surface area contributed by atoms with Gasteiger partial charge in [0.1, 0.15) is 0 Å². The molecule has 7 aromatic carbocycles. The van der Waals surface area contributed by atoms with Gasteiger partial charge in [-0.2, -0.15) is 0 Å². The summed E-state index contributed by atoms with van der Waals surface area (Å²) in [5, 5.41) is 15.1. The Morgan fingerprint density at radius 3 is 0.969 bits per heavy atom. The summed E-state index contributed by atoms with van der Waals surface area (Å²) in [4.78, 5) is 0. The van der Waals surface area contributed by atoms with Crippen molar-refractivity contribution in [1.82, 2.24) is 0 Å². The Balaban J connectivity index is 1.99. The average Bonchev–Trinajstić information content (AvgIpc) is 3.29. The van der Waals surface area contributed by atoms with Crippen molar-refractivity contribution in [3.8, 4) is 0 Å². The van der Waals surface area contributed by atoms with E-state index in [1.165, 1.54) is 43.1 Å². The van der Waals surface area contributed by atoms with Crippen LogP contribution in [0.15, 0.2) is 86.0 Å². The summed E-state index contributed by atoms with van der Waals surface area (Å²) in [6, 6.07) is 25.8. The van der Waals surface area contributed by atoms with E-state index in [2.05, 4.69) is 86.0 Å². The topological polar surface area (TPSA) is 0 Å². The molecule has 0 bridgehead atoms. The van der Waals surface area contributed by atoms with Gasteiger partial charge in [-0.25, -0.2) is 0 Å². The molecular formula is C30H16Cl2. The third kappa shape index (κ3) is 2.05. The fourth-order valence-electron chi connectivity index (χ4n) is 5.89. The highest BCUT2D eigenvalue weighted by atomic mass is 35.5. The van der Waals surface area contributed by atoms with E-state index < -0.39 is 0 Å². The number of hydrogen-bond acceptors (Lipinski definition) is 0. The van der Waals surface area contributed by atoms with Crippen molar-refractivity contribution >= 4 is 97.9 Å². The average molecular weight is 447 g/mol. The van der Waals surface area contributed by atoms with Crippen LogP contribution in [0.1, 0.15) is 11.1 Å². The van der Waals surface area contributed by atoms with Crippen molar-refractivity contribution in [2.24, 2.45) is 0 Å². The lowest BCUT2D eigenvalue weighted by molar-refractivity contribution is 1.84. The maximum atomic E-state index is 6.81. The second kappa shape index (κ2) is 6.13. The quantitative estimate of drug-likeness (QED) is 0.247. The molecule has 0 radical (unpaired) electrons. The second-order valence-corrected chi connectivity index (χ2v) is 9.39. The highest BCUT2D eigenvalue weighted by Gasteiger charge is 2.26. The van der Waals surface area contributed by atoms with Gasteiger partial charge in [0.25, 0.3) is 0 Å². The standard InChI is InChI=1S/C30H16Cl2/c1-15(31)23-27-19-11-3-7-17-9-5-13-21(25(17)19)29(27)24(16(2)32)30-22-14-6-10-18-8-4-12-20(26(18)22)28(23)30/h3-14H,1-2H2. The molecule has 2 heteroatoms. The molecule has 0 aliphatic heterocycles. The fourth-order valence-corrected chi connectivity index (χ4v) is 6.26. The number of benzene rings is 5. The predicted molar refractivity (Wildman–Crippen MR) is 144 cm³/mol. The molecule has 0 saturated heterocycles. The lowest BCUT2D eigenvalue weighted by Crippen LogP contribution is -1.88. The molecule has 0 aromatic heterocycles. The van der Waals surface area contributed by atoms with Crippen molar-refractivity contribution in [1.29, 1.82) is 0 Å². The number of hydrogen-bond donors (Lipinski definition) is 0. The van der Waals surface area contributed by atoms with Crippen molar-refractivity contribution in [3.63, 3.8) is 0 Å². The Bertz CT molecular complexity index is 1670. The minimum absolute atomic E-state index is 0.541. The van der Waals surface area contributed by atoms with Crippen LogP contribution in [0.25, 0.3) is 74.7 Å². The second-order valence-electron chi connectivity index (χ2n) is 8.48. The van der Waals surface area contributed by atoms with Gasteiger partial charge >= 0.3 is 0 Å². The first kappa shape index (κ1) is 18.3. The molecular weight excluding hydrogens is 431 g/mol. The first-order valence-corrected chi connectivity index (χ1v) is 11.3. The molecule has 0 fully saturated rings. The van der Waals surface area contributed by atoms with E-state index in [-0.39, 0.29) is 0 Å². The van der Waals surface area contributed by atoms with Crippen LogP contribution < -0.4 is 0 Å². The minimum atomic E-state index is 0.541. The lowest BCUT2D eigenvalue weighted by Gasteiger charge is -2.13. The smallest absolute Gasteiger partial charge is 0.0419 e. The molecule has 0 amide bonds. The monoisotopic (exact) mass is 446 g/mol. The van der Waals surface area contributed by atoms with Crippen LogP contribution in [0, 0.1) is 0 Å². The van der Waals surface area contributed by atoms with Gasteiger partial charge in [-0.05, 0) is 43.1 Å². The first-order chi connectivity index (χ1) is 15.6. The molecule has 0 heterocycles. The van der Waals surface area contributed by atoms with E-state index in [4.69, 9.17) is 23.2 Å². The summed E-state index contributed by atoms with van der Waals surface area (Å²) in [7, 11) is 0. The van der Waals surface area contributed by atoms with Crippen molar-refractivity contribution in [3.05, 3.63) is 97.1 Å². The largest absolute Gasteiger partial charge is 0.0843 e. The van der Waals surface area contributed by atoms with E-state index in [0.29, 0.717) is 10.1 Å². The molecule has 7 aromatic rings. The zero-order valence-corrected chi connectivity index (χ0v) is 18.6. The molecule has 32 heavy (non-hydrogen) atoms. The summed E-state index contributed by atoms with van der Waals surface area (Å²) in [5.74, 6) is 0. The number of fused-ring (bicyclic) bond motifs is 6. The molecule has 0 aliphatic rings. The first-order valence-electron chi connectivity index (χ1n) is 10.6. The van der Waals surface area contributed by atoms with Crippen molar-refractivity contribution < 1.29 is 0 Å². The molecule has 0 aliphatic carbocycles. The van der Waals surface area contributed by atoms with E-state index in [9.17, 15) is 0 Å². The SMILES string of the molecule is C=C(Cl)c1c2c3cccc4cccc(c2c(C(=C)Cl)c2c5cccc6cccc(c12)c65)c43. The minimum Gasteiger partial charge on any atom is -0.0843 e. The summed E-state index contributed by atoms with van der Waals surface area (Å²) in [6.07, 6.45) is 0. The Morgan fingerprint density at radius 1 is 0.438 bits per heavy atom. The van der Waals surface area contributed by atoms with Crippen LogP contribution in [0.2, 0.25) is 0 Å². The highest BCUT2D eigenvalue weighted by Crippen LogP contribution is 2.53. The third-order valence-corrected chi connectivity index (χ3v) is 7.31. The zero-order valence-electron chi connectivity index (χ0n) is 17.1. The molecule has 0 saturated carbocycles. The van der Waals surface area contributed by atoms with Gasteiger partial charge < -0.3 is 0 Å². The molecule has 0 unspecified atom stereocenters. The molecule has 0 nitrogen and oxygen atoms in total. The summed E-state index contributed by atoms with van der Waals surface area (Å²) >= 11 is 13.6. The van der Waals surface area contributed by atoms with E-state index in [1.807, 2.05) is 0 Å². The normalized spacial score (nSPS) is 12.3. The van der Waals surface area contributed by atoms with Gasteiger partial charge in [-0.15, -0.1) is 0 Å². The highest BCUT2D eigenvalue weighted by molar-refractivity contribution is 6.57. The van der Waals surface area contributed by atoms with Crippen molar-refractivity contribution in [2.45, 2.75) is 0 Å². The maximum absolute atomic E-state index is 6.81. The number of rotatable bonds is 2. The Labute approximate surface area is 194 Å². The van der Waals surface area contributed by atoms with Crippen LogP contribution in [-0.2, 0) is 0 Å². The fraction of sp³-hybridized carbons (Fsp3) is 0. The van der Waals surface area contributed by atoms with Crippen LogP contribution in [0.4, 0.5) is 0 Å². The van der Waals surface area contributed by atoms with Gasteiger partial charge in [-0.3, -0.25) is 0 Å². The van der Waals surface area contributed by atoms with Crippen molar-refractivity contribution in [2.75, 3.05) is 0 Å². The van der Waals surface area contributed by atoms with Crippen LogP contribution in [0.3, 0.4) is 0 Å². The van der Waals surface area contributed by atoms with Crippen LogP contribution in [0.5, 0.6) is 0 Å². The van der Waals surface area contributed by atoms with Gasteiger partial charge in [0.15, 0.2) is 0 Å². The molecule has 7 rings (SSSR count). The Morgan fingerprint density at radius 2 is 0.719 bits per heavy atom. The lowest BCUT2D eigenvalue weighted by atomic mass is 9.93. The van der Waals surface area contributed by atoms with Gasteiger partial charge in [0.2, 0.25) is 0 Å². The number of halogens is 2. The van der Waals surface area contributed by atoms with E-state index in [1.54, 1.807) is 0 Å². The van der Waals surface area contributed by atoms with Gasteiger partial charge in [0.05, 0.1) is 0 Å². The molecule has 150 valence electrons. The summed E-state index contributed by atoms with van der Waals surface area (Å²) in [6.45, 7) is 8.44. The van der Waals surface area contributed by atoms with Gasteiger partial charge in [0, 0.05) is 42.7 Å². The zero-order chi connectivity index (χ0) is 21.7. The molecule has 0 atom stereocenters. The van der Waals surface area contributed by atoms with E-state index in [0.717, 1.165) is 32.7 Å². The third-order valence-electron chi connectivity index (χ3n) is 6.93. The Kier molecular flexibility index (Phi) is 3.50. The predicted octanol–water partition coefficient (Wildman–Crippen LogP) is 9.90. The van der Waals surface area contributed by atoms with E-state index >= 15 is 0 Å². The van der Waals surface area contributed by atoms with Crippen LogP contribution >= 0.6 is 23.2 Å². The van der Waals surface area contributed by atoms with Gasteiger partial charge in [-0.1, -0.05) is 109 Å². The Hall–Kier alpha value is -3.32. The molecule has 0 spiro atoms. The molecule has 0 N–H and O–H groups in total. The summed E-state index contributed by atoms with van der Waals surface area (Å²) in [5.41, 5.74) is 1.98. The maximum Gasteiger partial charge on any atom is 0.0419 e. The summed E-state index contributed by atoms with van der Waals surface area (Å²) < 4.78 is 0.